The molecule has 1 nitrogen and oxygen atoms in total. The zero-order valence-electron chi connectivity index (χ0n) is 4.73. The van der Waals surface area contributed by atoms with Crippen molar-refractivity contribution in [1.82, 2.24) is 0 Å². The largest absolute Gasteiger partial charge is 0.489 e. The summed E-state index contributed by atoms with van der Waals surface area (Å²) in [5.74, 6) is 0.980. The van der Waals surface area contributed by atoms with Gasteiger partial charge in [0.25, 0.3) is 0 Å². The molecule has 0 aliphatic carbocycles. The average Bonchev–Trinajstić information content (AvgIpc) is 2.25. The summed E-state index contributed by atoms with van der Waals surface area (Å²) in [6.07, 6.45) is 0. The van der Waals surface area contributed by atoms with Gasteiger partial charge in [-0.05, 0) is 18.2 Å². The van der Waals surface area contributed by atoms with Crippen LogP contribution >= 0.6 is 15.9 Å². The molecule has 0 unspecified atom stereocenters. The first-order valence-corrected chi connectivity index (χ1v) is 3.57. The van der Waals surface area contributed by atoms with E-state index in [1.807, 2.05) is 18.2 Å². The number of benzene rings is 1. The predicted octanol–water partition coefficient (Wildman–Crippen LogP) is 2.34. The Bertz CT molecular complexity index is 245. The second-order valence-corrected chi connectivity index (χ2v) is 2.90. The van der Waals surface area contributed by atoms with Gasteiger partial charge in [-0.15, -0.1) is 0 Å². The molecule has 1 aliphatic heterocycles. The van der Waals surface area contributed by atoms with E-state index < -0.39 is 0 Å². The number of halogens is 1. The van der Waals surface area contributed by atoms with Crippen LogP contribution < -0.4 is 4.74 Å². The third kappa shape index (κ3) is 0.741. The van der Waals surface area contributed by atoms with Gasteiger partial charge >= 0.3 is 0 Å². The smallest absolute Gasteiger partial charge is 0.120 e. The lowest BCUT2D eigenvalue weighted by molar-refractivity contribution is 0.327. The van der Waals surface area contributed by atoms with Crippen LogP contribution in [-0.2, 0) is 6.61 Å². The Morgan fingerprint density at radius 1 is 1.44 bits per heavy atom. The Balaban J connectivity index is 2.65. The van der Waals surface area contributed by atoms with Crippen LogP contribution in [0.4, 0.5) is 0 Å². The van der Waals surface area contributed by atoms with Crippen LogP contribution in [0.5, 0.6) is 5.75 Å². The van der Waals surface area contributed by atoms with E-state index in [0.717, 1.165) is 16.8 Å². The molecule has 0 atom stereocenters. The van der Waals surface area contributed by atoms with Crippen molar-refractivity contribution >= 4 is 15.9 Å². The van der Waals surface area contributed by atoms with Crippen molar-refractivity contribution in [3.8, 4) is 5.75 Å². The highest BCUT2D eigenvalue weighted by Gasteiger charge is 2.09. The Hall–Kier alpha value is -0.500. The number of hydrogen-bond donors (Lipinski definition) is 0. The first-order chi connectivity index (χ1) is 4.36. The maximum Gasteiger partial charge on any atom is 0.120 e. The summed E-state index contributed by atoms with van der Waals surface area (Å²) in [6.45, 7) is 0.725. The molecule has 1 aliphatic rings. The molecule has 46 valence electrons. The second kappa shape index (κ2) is 1.74. The highest BCUT2D eigenvalue weighted by atomic mass is 79.9. The van der Waals surface area contributed by atoms with Gasteiger partial charge in [0.1, 0.15) is 12.4 Å². The molecule has 0 aromatic heterocycles. The molecule has 0 saturated heterocycles. The SMILES string of the molecule is Brc1ccc2cc1CO2. The lowest BCUT2D eigenvalue weighted by Crippen LogP contribution is -1.82. The molecular weight excluding hydrogens is 180 g/mol. The van der Waals surface area contributed by atoms with Gasteiger partial charge < -0.3 is 4.74 Å². The number of hydrogen-bond acceptors (Lipinski definition) is 1. The number of rotatable bonds is 0. The lowest BCUT2D eigenvalue weighted by atomic mass is 10.2. The maximum atomic E-state index is 5.23. The zero-order chi connectivity index (χ0) is 6.27. The van der Waals surface area contributed by atoms with E-state index in [4.69, 9.17) is 4.74 Å². The minimum Gasteiger partial charge on any atom is -0.489 e. The van der Waals surface area contributed by atoms with E-state index in [9.17, 15) is 0 Å². The third-order valence-electron chi connectivity index (χ3n) is 1.41. The fourth-order valence-electron chi connectivity index (χ4n) is 0.913. The summed E-state index contributed by atoms with van der Waals surface area (Å²) >= 11 is 3.41. The molecular formula is C7H5BrO. The summed E-state index contributed by atoms with van der Waals surface area (Å²) in [6, 6.07) is 6.02. The van der Waals surface area contributed by atoms with Crippen molar-refractivity contribution in [1.29, 1.82) is 0 Å². The van der Waals surface area contributed by atoms with Gasteiger partial charge in [0.2, 0.25) is 0 Å². The third-order valence-corrected chi connectivity index (χ3v) is 2.19. The summed E-state index contributed by atoms with van der Waals surface area (Å²) in [5.41, 5.74) is 1.24. The number of ether oxygens (including phenoxy) is 1. The molecule has 0 radical (unpaired) electrons. The molecule has 0 fully saturated rings. The zero-order valence-corrected chi connectivity index (χ0v) is 6.31. The van der Waals surface area contributed by atoms with Crippen LogP contribution in [0.25, 0.3) is 0 Å². The van der Waals surface area contributed by atoms with Crippen LogP contribution in [-0.4, -0.2) is 0 Å². The maximum absolute atomic E-state index is 5.23. The van der Waals surface area contributed by atoms with Gasteiger partial charge in [-0.25, -0.2) is 0 Å². The topological polar surface area (TPSA) is 9.23 Å². The summed E-state index contributed by atoms with van der Waals surface area (Å²) in [5, 5.41) is 0. The van der Waals surface area contributed by atoms with Crippen molar-refractivity contribution in [2.75, 3.05) is 0 Å². The molecule has 9 heavy (non-hydrogen) atoms. The summed E-state index contributed by atoms with van der Waals surface area (Å²) in [4.78, 5) is 0. The highest BCUT2D eigenvalue weighted by Crippen LogP contribution is 2.28. The molecule has 1 aromatic rings. The first kappa shape index (κ1) is 5.30. The lowest BCUT2D eigenvalue weighted by Gasteiger charge is -1.88. The summed E-state index contributed by atoms with van der Waals surface area (Å²) in [7, 11) is 0. The average molecular weight is 185 g/mol. The van der Waals surface area contributed by atoms with Gasteiger partial charge in [-0.3, -0.25) is 0 Å². The fourth-order valence-corrected chi connectivity index (χ4v) is 1.27. The minimum absolute atomic E-state index is 0.725. The molecule has 0 spiro atoms. The quantitative estimate of drug-likeness (QED) is 0.602. The Morgan fingerprint density at radius 2 is 2.33 bits per heavy atom. The van der Waals surface area contributed by atoms with Gasteiger partial charge in [-0.1, -0.05) is 15.9 Å². The van der Waals surface area contributed by atoms with E-state index in [2.05, 4.69) is 15.9 Å². The standard InChI is InChI=1S/C7H5BrO/c8-7-2-1-6-3-5(7)4-9-6/h1-3H,4H2. The Morgan fingerprint density at radius 3 is 3.11 bits per heavy atom. The van der Waals surface area contributed by atoms with E-state index in [0.29, 0.717) is 0 Å². The molecule has 2 heteroatoms. The molecule has 0 amide bonds. The van der Waals surface area contributed by atoms with Crippen LogP contribution in [0.2, 0.25) is 0 Å². The van der Waals surface area contributed by atoms with Gasteiger partial charge in [0.05, 0.1) is 0 Å². The molecule has 2 rings (SSSR count). The van der Waals surface area contributed by atoms with Crippen LogP contribution in [0.1, 0.15) is 5.56 Å². The van der Waals surface area contributed by atoms with Crippen LogP contribution in [0, 0.1) is 0 Å². The van der Waals surface area contributed by atoms with Crippen molar-refractivity contribution in [3.05, 3.63) is 28.2 Å². The van der Waals surface area contributed by atoms with Crippen LogP contribution in [0.15, 0.2) is 22.7 Å². The molecule has 0 N–H and O–H groups in total. The molecule has 2 bridgehead atoms. The first-order valence-electron chi connectivity index (χ1n) is 2.77. The van der Waals surface area contributed by atoms with E-state index in [1.165, 1.54) is 5.56 Å². The minimum atomic E-state index is 0.725. The molecule has 1 heterocycles. The van der Waals surface area contributed by atoms with E-state index in [-0.39, 0.29) is 0 Å². The summed E-state index contributed by atoms with van der Waals surface area (Å²) < 4.78 is 6.38. The van der Waals surface area contributed by atoms with E-state index in [1.54, 1.807) is 0 Å². The van der Waals surface area contributed by atoms with Crippen molar-refractivity contribution in [2.24, 2.45) is 0 Å². The molecule has 1 aromatic carbocycles. The normalized spacial score (nSPS) is 13.4. The van der Waals surface area contributed by atoms with Gasteiger partial charge in [0, 0.05) is 10.0 Å². The highest BCUT2D eigenvalue weighted by molar-refractivity contribution is 9.10. The Labute approximate surface area is 61.8 Å². The van der Waals surface area contributed by atoms with Gasteiger partial charge in [-0.2, -0.15) is 0 Å². The second-order valence-electron chi connectivity index (χ2n) is 2.04. The van der Waals surface area contributed by atoms with Crippen molar-refractivity contribution < 1.29 is 4.74 Å². The van der Waals surface area contributed by atoms with Crippen molar-refractivity contribution in [3.63, 3.8) is 0 Å². The van der Waals surface area contributed by atoms with Crippen molar-refractivity contribution in [2.45, 2.75) is 6.61 Å². The number of fused-ring (bicyclic) bond motifs is 2. The Kier molecular flexibility index (Phi) is 1.02. The van der Waals surface area contributed by atoms with Crippen LogP contribution in [0.3, 0.4) is 0 Å². The monoisotopic (exact) mass is 184 g/mol. The predicted molar refractivity (Wildman–Crippen MR) is 38.5 cm³/mol. The van der Waals surface area contributed by atoms with Gasteiger partial charge in [0.15, 0.2) is 0 Å². The fraction of sp³-hybridized carbons (Fsp3) is 0.143. The molecule has 0 saturated carbocycles. The van der Waals surface area contributed by atoms with E-state index >= 15 is 0 Å².